The van der Waals surface area contributed by atoms with Crippen LogP contribution < -0.4 is 20.1 Å². The van der Waals surface area contributed by atoms with Crippen molar-refractivity contribution in [3.63, 3.8) is 0 Å². The number of amides is 2. The Hall–Kier alpha value is -2.77. The number of hydrogen-bond acceptors (Lipinski definition) is 5. The van der Waals surface area contributed by atoms with Crippen molar-refractivity contribution in [1.82, 2.24) is 20.3 Å². The maximum Gasteiger partial charge on any atom is 0.320 e. The first-order valence-electron chi connectivity index (χ1n) is 7.00. The Kier molecular flexibility index (Phi) is 4.08. The van der Waals surface area contributed by atoms with E-state index < -0.39 is 0 Å². The molecule has 0 bridgehead atoms. The zero-order chi connectivity index (χ0) is 15.4. The van der Waals surface area contributed by atoms with Crippen molar-refractivity contribution in [1.29, 1.82) is 0 Å². The van der Waals surface area contributed by atoms with Gasteiger partial charge in [-0.25, -0.2) is 4.79 Å². The van der Waals surface area contributed by atoms with Gasteiger partial charge in [-0.05, 0) is 12.1 Å². The number of carbonyl (C=O) groups excluding carboxylic acids is 1. The van der Waals surface area contributed by atoms with E-state index in [-0.39, 0.29) is 12.1 Å². The van der Waals surface area contributed by atoms with Gasteiger partial charge in [0.1, 0.15) is 12.7 Å². The zero-order valence-corrected chi connectivity index (χ0v) is 12.2. The fraction of sp³-hybridized carbons (Fsp3) is 0.357. The maximum absolute atomic E-state index is 11.7. The van der Waals surface area contributed by atoms with E-state index in [0.29, 0.717) is 25.4 Å². The zero-order valence-electron chi connectivity index (χ0n) is 12.2. The lowest BCUT2D eigenvalue weighted by atomic mass is 10.2. The van der Waals surface area contributed by atoms with Gasteiger partial charge in [0.25, 0.3) is 0 Å². The Balaban J connectivity index is 1.41. The van der Waals surface area contributed by atoms with Crippen molar-refractivity contribution in [2.75, 3.05) is 18.5 Å². The van der Waals surface area contributed by atoms with Crippen LogP contribution in [0.25, 0.3) is 0 Å². The molecule has 8 nitrogen and oxygen atoms in total. The van der Waals surface area contributed by atoms with Gasteiger partial charge >= 0.3 is 6.03 Å². The first-order valence-corrected chi connectivity index (χ1v) is 7.00. The molecule has 2 heterocycles. The number of anilines is 1. The normalized spacial score (nSPS) is 16.1. The first-order chi connectivity index (χ1) is 10.7. The Morgan fingerprint density at radius 1 is 1.41 bits per heavy atom. The standard InChI is InChI=1S/C14H17N5O3/c1-19-8-13(17-18-19)16-14(20)15-7-6-10-9-21-11-4-2-3-5-12(11)22-10/h2-5,8,10H,6-7,9H2,1H3,(H2,15,16,20)/t10-/m0/s1. The second-order valence-corrected chi connectivity index (χ2v) is 4.94. The number of carbonyl (C=O) groups is 1. The molecule has 2 N–H and O–H groups in total. The van der Waals surface area contributed by atoms with Crippen molar-refractivity contribution >= 4 is 11.8 Å². The molecule has 2 aromatic rings. The van der Waals surface area contributed by atoms with E-state index in [1.807, 2.05) is 24.3 Å². The summed E-state index contributed by atoms with van der Waals surface area (Å²) in [5.74, 6) is 1.90. The van der Waals surface area contributed by atoms with E-state index in [0.717, 1.165) is 11.5 Å². The molecule has 0 spiro atoms. The van der Waals surface area contributed by atoms with E-state index in [2.05, 4.69) is 20.9 Å². The van der Waals surface area contributed by atoms with Gasteiger partial charge < -0.3 is 14.8 Å². The Bertz CT molecular complexity index is 657. The van der Waals surface area contributed by atoms with Crippen LogP contribution in [-0.4, -0.2) is 40.3 Å². The molecule has 8 heteroatoms. The maximum atomic E-state index is 11.7. The molecule has 0 aliphatic carbocycles. The highest BCUT2D eigenvalue weighted by Crippen LogP contribution is 2.31. The number of para-hydroxylation sites is 2. The molecule has 2 amide bonds. The molecule has 1 atom stereocenters. The van der Waals surface area contributed by atoms with Gasteiger partial charge in [-0.3, -0.25) is 10.00 Å². The van der Waals surface area contributed by atoms with Crippen LogP contribution in [0.2, 0.25) is 0 Å². The molecule has 1 aromatic heterocycles. The summed E-state index contributed by atoms with van der Waals surface area (Å²) in [7, 11) is 1.73. The number of nitrogens with one attached hydrogen (secondary N) is 2. The summed E-state index contributed by atoms with van der Waals surface area (Å²) in [6, 6.07) is 7.23. The Labute approximate surface area is 127 Å². The van der Waals surface area contributed by atoms with Gasteiger partial charge in [-0.1, -0.05) is 17.3 Å². The van der Waals surface area contributed by atoms with Crippen LogP contribution in [0.5, 0.6) is 11.5 Å². The third-order valence-corrected chi connectivity index (χ3v) is 3.16. The topological polar surface area (TPSA) is 90.3 Å². The molecule has 1 aliphatic heterocycles. The number of rotatable bonds is 4. The number of fused-ring (bicyclic) bond motifs is 1. The fourth-order valence-corrected chi connectivity index (χ4v) is 2.12. The minimum absolute atomic E-state index is 0.0771. The number of benzene rings is 1. The number of aryl methyl sites for hydroxylation is 1. The van der Waals surface area contributed by atoms with Gasteiger partial charge in [0.05, 0.1) is 6.20 Å². The summed E-state index contributed by atoms with van der Waals surface area (Å²) in [6.45, 7) is 0.951. The Morgan fingerprint density at radius 3 is 3.00 bits per heavy atom. The van der Waals surface area contributed by atoms with Crippen LogP contribution in [0.1, 0.15) is 6.42 Å². The Morgan fingerprint density at radius 2 is 2.23 bits per heavy atom. The molecule has 116 valence electrons. The second-order valence-electron chi connectivity index (χ2n) is 4.94. The van der Waals surface area contributed by atoms with Gasteiger partial charge in [-0.15, -0.1) is 5.10 Å². The van der Waals surface area contributed by atoms with E-state index in [9.17, 15) is 4.79 Å². The summed E-state index contributed by atoms with van der Waals surface area (Å²) >= 11 is 0. The van der Waals surface area contributed by atoms with Crippen LogP contribution in [-0.2, 0) is 7.05 Å². The SMILES string of the molecule is Cn1cc(NC(=O)NCC[C@H]2COc3ccccc3O2)nn1. The highest BCUT2D eigenvalue weighted by atomic mass is 16.6. The minimum atomic E-state index is -0.322. The molecule has 1 aliphatic rings. The lowest BCUT2D eigenvalue weighted by molar-refractivity contribution is 0.0854. The minimum Gasteiger partial charge on any atom is -0.486 e. The predicted molar refractivity (Wildman–Crippen MR) is 79.0 cm³/mol. The van der Waals surface area contributed by atoms with Crippen molar-refractivity contribution < 1.29 is 14.3 Å². The summed E-state index contributed by atoms with van der Waals surface area (Å²) < 4.78 is 12.9. The quantitative estimate of drug-likeness (QED) is 0.884. The van der Waals surface area contributed by atoms with Crippen molar-refractivity contribution in [2.24, 2.45) is 7.05 Å². The molecule has 1 aromatic carbocycles. The van der Waals surface area contributed by atoms with Crippen molar-refractivity contribution in [3.8, 4) is 11.5 Å². The first kappa shape index (κ1) is 14.2. The molecule has 0 saturated carbocycles. The number of nitrogens with zero attached hydrogens (tertiary/aromatic N) is 3. The molecule has 22 heavy (non-hydrogen) atoms. The van der Waals surface area contributed by atoms with E-state index in [1.54, 1.807) is 13.2 Å². The summed E-state index contributed by atoms with van der Waals surface area (Å²) in [5, 5.41) is 12.9. The summed E-state index contributed by atoms with van der Waals surface area (Å²) in [5.41, 5.74) is 0. The van der Waals surface area contributed by atoms with Crippen LogP contribution in [0.4, 0.5) is 10.6 Å². The van der Waals surface area contributed by atoms with Crippen LogP contribution >= 0.6 is 0 Å². The molecule has 0 radical (unpaired) electrons. The fourth-order valence-electron chi connectivity index (χ4n) is 2.12. The van der Waals surface area contributed by atoms with Gasteiger partial charge in [0.2, 0.25) is 0 Å². The van der Waals surface area contributed by atoms with E-state index >= 15 is 0 Å². The summed E-state index contributed by atoms with van der Waals surface area (Å²) in [4.78, 5) is 11.7. The highest BCUT2D eigenvalue weighted by Gasteiger charge is 2.20. The van der Waals surface area contributed by atoms with E-state index in [4.69, 9.17) is 9.47 Å². The number of aromatic nitrogens is 3. The van der Waals surface area contributed by atoms with Crippen molar-refractivity contribution in [2.45, 2.75) is 12.5 Å². The van der Waals surface area contributed by atoms with Gasteiger partial charge in [0.15, 0.2) is 17.3 Å². The van der Waals surface area contributed by atoms with Gasteiger partial charge in [-0.2, -0.15) is 0 Å². The van der Waals surface area contributed by atoms with E-state index in [1.165, 1.54) is 4.68 Å². The highest BCUT2D eigenvalue weighted by molar-refractivity contribution is 5.87. The smallest absolute Gasteiger partial charge is 0.320 e. The number of ether oxygens (including phenoxy) is 2. The van der Waals surface area contributed by atoms with Crippen LogP contribution in [0, 0.1) is 0 Å². The average molecular weight is 303 g/mol. The number of hydrogen-bond donors (Lipinski definition) is 2. The average Bonchev–Trinajstić information content (AvgIpc) is 2.92. The van der Waals surface area contributed by atoms with Crippen LogP contribution in [0.3, 0.4) is 0 Å². The van der Waals surface area contributed by atoms with Gasteiger partial charge in [0, 0.05) is 20.0 Å². The third-order valence-electron chi connectivity index (χ3n) is 3.16. The molecular weight excluding hydrogens is 286 g/mol. The lowest BCUT2D eigenvalue weighted by Gasteiger charge is -2.26. The largest absolute Gasteiger partial charge is 0.486 e. The molecule has 0 saturated heterocycles. The lowest BCUT2D eigenvalue weighted by Crippen LogP contribution is -2.35. The monoisotopic (exact) mass is 303 g/mol. The molecular formula is C14H17N5O3. The molecule has 3 rings (SSSR count). The summed E-state index contributed by atoms with van der Waals surface area (Å²) in [6.07, 6.45) is 2.20. The second kappa shape index (κ2) is 6.33. The third kappa shape index (κ3) is 3.46. The predicted octanol–water partition coefficient (Wildman–Crippen LogP) is 1.17. The number of urea groups is 1. The van der Waals surface area contributed by atoms with Crippen molar-refractivity contribution in [3.05, 3.63) is 30.5 Å². The molecule has 0 unspecified atom stereocenters. The van der Waals surface area contributed by atoms with Crippen LogP contribution in [0.15, 0.2) is 30.5 Å². The molecule has 0 fully saturated rings.